The number of aromatic nitrogens is 2. The molecule has 116 valence electrons. The molecule has 3 N–H and O–H groups in total. The number of carbonyl (C=O) groups excluding carboxylic acids is 2. The summed E-state index contributed by atoms with van der Waals surface area (Å²) in [6.07, 6.45) is 0. The number of rotatable bonds is 5. The average molecular weight is 319 g/mol. The maximum absolute atomic E-state index is 12.0. The zero-order valence-electron chi connectivity index (χ0n) is 12.3. The minimum absolute atomic E-state index is 0.345. The molecule has 2 rings (SSSR count). The van der Waals surface area contributed by atoms with Gasteiger partial charge in [-0.1, -0.05) is 41.7 Å². The van der Waals surface area contributed by atoms with E-state index < -0.39 is 6.04 Å². The molecule has 3 amide bonds. The van der Waals surface area contributed by atoms with Crippen molar-refractivity contribution in [3.05, 3.63) is 30.3 Å². The number of nitrogens with zero attached hydrogens (tertiary/aromatic N) is 2. The molecule has 8 heteroatoms. The van der Waals surface area contributed by atoms with Crippen LogP contribution >= 0.6 is 11.3 Å². The Labute approximate surface area is 132 Å². The summed E-state index contributed by atoms with van der Waals surface area (Å²) in [6, 6.07) is 8.53. The van der Waals surface area contributed by atoms with Gasteiger partial charge < -0.3 is 10.6 Å². The van der Waals surface area contributed by atoms with Gasteiger partial charge in [-0.2, -0.15) is 0 Å². The SMILES string of the molecule is CCNC(=O)NC(C)C(=O)Nc1nnc(-c2ccccc2)s1. The lowest BCUT2D eigenvalue weighted by atomic mass is 10.2. The fourth-order valence-electron chi connectivity index (χ4n) is 1.66. The molecule has 0 fully saturated rings. The summed E-state index contributed by atoms with van der Waals surface area (Å²) in [4.78, 5) is 23.4. The second-order valence-electron chi connectivity index (χ2n) is 4.49. The van der Waals surface area contributed by atoms with Gasteiger partial charge in [0.2, 0.25) is 11.0 Å². The minimum atomic E-state index is -0.671. The van der Waals surface area contributed by atoms with Crippen molar-refractivity contribution in [2.24, 2.45) is 0 Å². The van der Waals surface area contributed by atoms with Crippen molar-refractivity contribution in [3.63, 3.8) is 0 Å². The molecule has 22 heavy (non-hydrogen) atoms. The summed E-state index contributed by atoms with van der Waals surface area (Å²) < 4.78 is 0. The van der Waals surface area contributed by atoms with Crippen LogP contribution in [0.4, 0.5) is 9.93 Å². The predicted octanol–water partition coefficient (Wildman–Crippen LogP) is 1.85. The molecule has 0 saturated heterocycles. The van der Waals surface area contributed by atoms with Crippen LogP contribution in [0.2, 0.25) is 0 Å². The van der Waals surface area contributed by atoms with Crippen molar-refractivity contribution < 1.29 is 9.59 Å². The van der Waals surface area contributed by atoms with Crippen molar-refractivity contribution >= 4 is 28.4 Å². The largest absolute Gasteiger partial charge is 0.338 e. The number of nitrogens with one attached hydrogen (secondary N) is 3. The van der Waals surface area contributed by atoms with Gasteiger partial charge in [0.25, 0.3) is 0 Å². The molecule has 0 bridgehead atoms. The Morgan fingerprint density at radius 1 is 1.23 bits per heavy atom. The number of carbonyl (C=O) groups is 2. The Kier molecular flexibility index (Phi) is 5.42. The molecule has 1 atom stereocenters. The summed E-state index contributed by atoms with van der Waals surface area (Å²) in [6.45, 7) is 3.90. The summed E-state index contributed by atoms with van der Waals surface area (Å²) in [5, 5.41) is 16.8. The summed E-state index contributed by atoms with van der Waals surface area (Å²) in [7, 11) is 0. The number of amides is 3. The first-order valence-corrected chi connectivity index (χ1v) is 7.66. The van der Waals surface area contributed by atoms with Gasteiger partial charge in [0, 0.05) is 12.1 Å². The maximum Gasteiger partial charge on any atom is 0.315 e. The van der Waals surface area contributed by atoms with Gasteiger partial charge in [-0.3, -0.25) is 10.1 Å². The lowest BCUT2D eigenvalue weighted by Gasteiger charge is -2.12. The van der Waals surface area contributed by atoms with Crippen LogP contribution in [0.1, 0.15) is 13.8 Å². The van der Waals surface area contributed by atoms with Gasteiger partial charge in [-0.05, 0) is 13.8 Å². The topological polar surface area (TPSA) is 96.0 Å². The zero-order valence-corrected chi connectivity index (χ0v) is 13.1. The Balaban J connectivity index is 1.95. The van der Waals surface area contributed by atoms with Crippen LogP contribution in [0.15, 0.2) is 30.3 Å². The monoisotopic (exact) mass is 319 g/mol. The highest BCUT2D eigenvalue weighted by atomic mass is 32.1. The van der Waals surface area contributed by atoms with E-state index in [-0.39, 0.29) is 11.9 Å². The van der Waals surface area contributed by atoms with E-state index in [0.717, 1.165) is 10.6 Å². The Hall–Kier alpha value is -2.48. The second kappa shape index (κ2) is 7.51. The first kappa shape index (κ1) is 15.9. The van der Waals surface area contributed by atoms with Crippen molar-refractivity contribution in [1.29, 1.82) is 0 Å². The van der Waals surface area contributed by atoms with Crippen molar-refractivity contribution in [2.45, 2.75) is 19.9 Å². The number of urea groups is 1. The molecule has 2 aromatic rings. The van der Waals surface area contributed by atoms with Crippen molar-refractivity contribution in [2.75, 3.05) is 11.9 Å². The highest BCUT2D eigenvalue weighted by Gasteiger charge is 2.17. The maximum atomic E-state index is 12.0. The standard InChI is InChI=1S/C14H17N5O2S/c1-3-15-13(21)16-9(2)11(20)17-14-19-18-12(22-14)10-7-5-4-6-8-10/h4-9H,3H2,1-2H3,(H2,15,16,21)(H,17,19,20). The van der Waals surface area contributed by atoms with E-state index in [0.29, 0.717) is 11.7 Å². The summed E-state index contributed by atoms with van der Waals surface area (Å²) in [5.41, 5.74) is 0.939. The third-order valence-electron chi connectivity index (χ3n) is 2.75. The first-order chi connectivity index (χ1) is 10.6. The van der Waals surface area contributed by atoms with Gasteiger partial charge in [0.15, 0.2) is 0 Å². The van der Waals surface area contributed by atoms with Crippen LogP contribution < -0.4 is 16.0 Å². The molecular formula is C14H17N5O2S. The normalized spacial score (nSPS) is 11.5. The van der Waals surface area contributed by atoms with Gasteiger partial charge >= 0.3 is 6.03 Å². The molecule has 0 aliphatic carbocycles. The fraction of sp³-hybridized carbons (Fsp3) is 0.286. The molecule has 1 unspecified atom stereocenters. The molecule has 0 aliphatic heterocycles. The van der Waals surface area contributed by atoms with E-state index in [9.17, 15) is 9.59 Å². The number of anilines is 1. The average Bonchev–Trinajstić information content (AvgIpc) is 2.96. The Bertz CT molecular complexity index is 644. The molecule has 0 saturated carbocycles. The number of hydrogen-bond donors (Lipinski definition) is 3. The predicted molar refractivity (Wildman–Crippen MR) is 85.6 cm³/mol. The van der Waals surface area contributed by atoms with Crippen LogP contribution in [0, 0.1) is 0 Å². The van der Waals surface area contributed by atoms with Gasteiger partial charge in [-0.15, -0.1) is 10.2 Å². The molecule has 1 aromatic carbocycles. The van der Waals surface area contributed by atoms with Crippen LogP contribution in [0.3, 0.4) is 0 Å². The molecule has 1 heterocycles. The molecule has 0 radical (unpaired) electrons. The zero-order chi connectivity index (χ0) is 15.9. The molecule has 1 aromatic heterocycles. The smallest absolute Gasteiger partial charge is 0.315 e. The molecule has 7 nitrogen and oxygen atoms in total. The second-order valence-corrected chi connectivity index (χ2v) is 5.47. The highest BCUT2D eigenvalue weighted by molar-refractivity contribution is 7.18. The van der Waals surface area contributed by atoms with Gasteiger partial charge in [-0.25, -0.2) is 4.79 Å². The molecule has 0 aliphatic rings. The first-order valence-electron chi connectivity index (χ1n) is 6.84. The summed E-state index contributed by atoms with van der Waals surface area (Å²) in [5.74, 6) is -0.345. The number of benzene rings is 1. The summed E-state index contributed by atoms with van der Waals surface area (Å²) >= 11 is 1.28. The Morgan fingerprint density at radius 2 is 1.95 bits per heavy atom. The van der Waals surface area contributed by atoms with Crippen molar-refractivity contribution in [3.8, 4) is 10.6 Å². The molecule has 0 spiro atoms. The lowest BCUT2D eigenvalue weighted by Crippen LogP contribution is -2.46. The quantitative estimate of drug-likeness (QED) is 0.783. The van der Waals surface area contributed by atoms with E-state index in [4.69, 9.17) is 0 Å². The van der Waals surface area contributed by atoms with Crippen LogP contribution in [0.25, 0.3) is 10.6 Å². The van der Waals surface area contributed by atoms with Crippen LogP contribution in [-0.2, 0) is 4.79 Å². The third-order valence-corrected chi connectivity index (χ3v) is 3.64. The fourth-order valence-corrected chi connectivity index (χ4v) is 2.41. The highest BCUT2D eigenvalue weighted by Crippen LogP contribution is 2.25. The van der Waals surface area contributed by atoms with E-state index >= 15 is 0 Å². The Morgan fingerprint density at radius 3 is 2.64 bits per heavy atom. The van der Waals surface area contributed by atoms with E-state index in [2.05, 4.69) is 26.1 Å². The van der Waals surface area contributed by atoms with E-state index in [1.807, 2.05) is 30.3 Å². The minimum Gasteiger partial charge on any atom is -0.338 e. The van der Waals surface area contributed by atoms with Crippen molar-refractivity contribution in [1.82, 2.24) is 20.8 Å². The lowest BCUT2D eigenvalue weighted by molar-refractivity contribution is -0.117. The van der Waals surface area contributed by atoms with Crippen LogP contribution in [0.5, 0.6) is 0 Å². The van der Waals surface area contributed by atoms with E-state index in [1.54, 1.807) is 13.8 Å². The van der Waals surface area contributed by atoms with Gasteiger partial charge in [0.1, 0.15) is 11.0 Å². The van der Waals surface area contributed by atoms with E-state index in [1.165, 1.54) is 11.3 Å². The van der Waals surface area contributed by atoms with Gasteiger partial charge in [0.05, 0.1) is 0 Å². The molecular weight excluding hydrogens is 302 g/mol. The van der Waals surface area contributed by atoms with Crippen LogP contribution in [-0.4, -0.2) is 34.7 Å². The third kappa shape index (κ3) is 4.26. The number of hydrogen-bond acceptors (Lipinski definition) is 5.